The van der Waals surface area contributed by atoms with Crippen molar-refractivity contribution in [3.63, 3.8) is 0 Å². The lowest BCUT2D eigenvalue weighted by Gasteiger charge is -2.35. The van der Waals surface area contributed by atoms with Crippen LogP contribution in [0.3, 0.4) is 0 Å². The molecule has 0 aromatic heterocycles. The zero-order valence-corrected chi connectivity index (χ0v) is 17.7. The van der Waals surface area contributed by atoms with Crippen molar-refractivity contribution in [1.29, 1.82) is 0 Å². The van der Waals surface area contributed by atoms with E-state index in [9.17, 15) is 9.50 Å². The van der Waals surface area contributed by atoms with Crippen molar-refractivity contribution in [2.45, 2.75) is 12.1 Å². The lowest BCUT2D eigenvalue weighted by atomic mass is 9.96. The number of rotatable bonds is 8. The first-order valence-corrected chi connectivity index (χ1v) is 11.0. The van der Waals surface area contributed by atoms with Crippen molar-refractivity contribution in [2.24, 2.45) is 0 Å². The Morgan fingerprint density at radius 3 is 1.87 bits per heavy atom. The van der Waals surface area contributed by atoms with E-state index in [1.54, 1.807) is 17.0 Å². The molecule has 1 heterocycles. The van der Waals surface area contributed by atoms with E-state index in [0.717, 1.165) is 26.2 Å². The molecule has 31 heavy (non-hydrogen) atoms. The van der Waals surface area contributed by atoms with Crippen LogP contribution < -0.4 is 14.5 Å². The smallest absolute Gasteiger partial charge is 0.139 e. The van der Waals surface area contributed by atoms with Crippen molar-refractivity contribution >= 4 is 0 Å². The molecule has 1 aliphatic heterocycles. The Kier molecular flexibility index (Phi) is 7.30. The summed E-state index contributed by atoms with van der Waals surface area (Å²) in [6, 6.07) is 27.7. The molecule has 0 radical (unpaired) electrons. The highest BCUT2D eigenvalue weighted by Gasteiger charge is 2.32. The van der Waals surface area contributed by atoms with Gasteiger partial charge in [0.05, 0.1) is 0 Å². The fourth-order valence-electron chi connectivity index (χ4n) is 4.49. The second-order valence-corrected chi connectivity index (χ2v) is 8.29. The lowest BCUT2D eigenvalue weighted by Crippen LogP contribution is -3.28. The van der Waals surface area contributed by atoms with Crippen molar-refractivity contribution < 1.29 is 24.0 Å². The summed E-state index contributed by atoms with van der Waals surface area (Å²) in [6.07, 6.45) is -0.541. The van der Waals surface area contributed by atoms with Crippen molar-refractivity contribution in [2.75, 3.05) is 39.3 Å². The second-order valence-electron chi connectivity index (χ2n) is 8.29. The predicted octanol–water partition coefficient (Wildman–Crippen LogP) is 1.14. The van der Waals surface area contributed by atoms with Gasteiger partial charge in [-0.05, 0) is 24.3 Å². The van der Waals surface area contributed by atoms with Crippen LogP contribution in [0, 0.1) is 5.82 Å². The third kappa shape index (κ3) is 5.91. The molecule has 3 aromatic rings. The SMILES string of the molecule is O[C@@H](COc1ccc(F)cc1)C[NH+]1CC[NH+](C(c2ccccc2)c2ccccc2)CC1. The number of piperazine rings is 1. The molecule has 0 amide bonds. The Morgan fingerprint density at radius 1 is 0.774 bits per heavy atom. The van der Waals surface area contributed by atoms with Crippen LogP contribution in [0.2, 0.25) is 0 Å². The first kappa shape index (κ1) is 21.5. The molecule has 3 aromatic carbocycles. The van der Waals surface area contributed by atoms with Gasteiger partial charge in [0, 0.05) is 11.1 Å². The molecule has 1 atom stereocenters. The topological polar surface area (TPSA) is 38.3 Å². The number of quaternary nitrogens is 2. The number of hydrogen-bond donors (Lipinski definition) is 3. The lowest BCUT2D eigenvalue weighted by molar-refractivity contribution is -1.02. The van der Waals surface area contributed by atoms with Gasteiger partial charge < -0.3 is 19.6 Å². The van der Waals surface area contributed by atoms with Crippen LogP contribution in [0.25, 0.3) is 0 Å². The maximum Gasteiger partial charge on any atom is 0.139 e. The minimum Gasteiger partial charge on any atom is -0.491 e. The minimum atomic E-state index is -0.541. The molecule has 0 spiro atoms. The highest BCUT2D eigenvalue weighted by atomic mass is 19.1. The van der Waals surface area contributed by atoms with Gasteiger partial charge >= 0.3 is 0 Å². The fourth-order valence-corrected chi connectivity index (χ4v) is 4.49. The van der Waals surface area contributed by atoms with Crippen LogP contribution in [0.1, 0.15) is 17.2 Å². The average molecular weight is 423 g/mol. The quantitative estimate of drug-likeness (QED) is 0.510. The van der Waals surface area contributed by atoms with E-state index in [0.29, 0.717) is 18.3 Å². The number of benzene rings is 3. The number of nitrogens with one attached hydrogen (secondary N) is 2. The number of aliphatic hydroxyl groups is 1. The first-order chi connectivity index (χ1) is 15.2. The van der Waals surface area contributed by atoms with E-state index >= 15 is 0 Å². The third-order valence-electron chi connectivity index (χ3n) is 6.05. The van der Waals surface area contributed by atoms with Crippen LogP contribution in [-0.2, 0) is 0 Å². The van der Waals surface area contributed by atoms with E-state index in [1.807, 2.05) is 0 Å². The van der Waals surface area contributed by atoms with Gasteiger partial charge in [-0.3, -0.25) is 0 Å². The Bertz CT molecular complexity index is 874. The van der Waals surface area contributed by atoms with Crippen LogP contribution in [-0.4, -0.2) is 50.5 Å². The van der Waals surface area contributed by atoms with Crippen LogP contribution in [0.15, 0.2) is 84.9 Å². The summed E-state index contributed by atoms with van der Waals surface area (Å²) in [5.74, 6) is 0.292. The molecule has 162 valence electrons. The van der Waals surface area contributed by atoms with Crippen molar-refractivity contribution in [3.8, 4) is 5.75 Å². The normalized spacial score (nSPS) is 19.8. The van der Waals surface area contributed by atoms with Crippen LogP contribution in [0.4, 0.5) is 4.39 Å². The van der Waals surface area contributed by atoms with Gasteiger partial charge in [-0.2, -0.15) is 0 Å². The maximum atomic E-state index is 13.0. The van der Waals surface area contributed by atoms with Crippen LogP contribution in [0.5, 0.6) is 5.75 Å². The van der Waals surface area contributed by atoms with E-state index in [2.05, 4.69) is 60.7 Å². The fraction of sp³-hybridized carbons (Fsp3) is 0.308. The highest BCUT2D eigenvalue weighted by molar-refractivity contribution is 5.29. The van der Waals surface area contributed by atoms with Crippen LogP contribution >= 0.6 is 0 Å². The summed E-state index contributed by atoms with van der Waals surface area (Å²) >= 11 is 0. The molecule has 0 bridgehead atoms. The van der Waals surface area contributed by atoms with Crippen molar-refractivity contribution in [3.05, 3.63) is 102 Å². The predicted molar refractivity (Wildman–Crippen MR) is 119 cm³/mol. The molecule has 4 rings (SSSR count). The Labute approximate surface area is 183 Å². The third-order valence-corrected chi connectivity index (χ3v) is 6.05. The van der Waals surface area contributed by atoms with Gasteiger partial charge in [-0.25, -0.2) is 4.39 Å². The maximum absolute atomic E-state index is 13.0. The molecule has 0 unspecified atom stereocenters. The van der Waals surface area contributed by atoms with Gasteiger partial charge in [-0.1, -0.05) is 60.7 Å². The summed E-state index contributed by atoms with van der Waals surface area (Å²) in [7, 11) is 0. The zero-order valence-electron chi connectivity index (χ0n) is 17.7. The zero-order chi connectivity index (χ0) is 21.5. The van der Waals surface area contributed by atoms with Gasteiger partial charge in [-0.15, -0.1) is 0 Å². The van der Waals surface area contributed by atoms with E-state index in [-0.39, 0.29) is 12.4 Å². The highest BCUT2D eigenvalue weighted by Crippen LogP contribution is 2.18. The van der Waals surface area contributed by atoms with Gasteiger partial charge in [0.15, 0.2) is 0 Å². The molecule has 3 N–H and O–H groups in total. The Hall–Kier alpha value is -2.73. The Morgan fingerprint density at radius 2 is 1.32 bits per heavy atom. The summed E-state index contributed by atoms with van der Waals surface area (Å²) in [5.41, 5.74) is 2.69. The van der Waals surface area contributed by atoms with E-state index < -0.39 is 6.10 Å². The van der Waals surface area contributed by atoms with Gasteiger partial charge in [0.2, 0.25) is 0 Å². The minimum absolute atomic E-state index is 0.225. The molecule has 1 aliphatic rings. The molecule has 0 aliphatic carbocycles. The van der Waals surface area contributed by atoms with E-state index in [4.69, 9.17) is 4.74 Å². The summed E-state index contributed by atoms with van der Waals surface area (Å²) in [5, 5.41) is 10.4. The molecule has 1 fully saturated rings. The molecule has 1 saturated heterocycles. The van der Waals surface area contributed by atoms with Gasteiger partial charge in [0.25, 0.3) is 0 Å². The summed E-state index contributed by atoms with van der Waals surface area (Å²) in [6.45, 7) is 5.01. The molecule has 0 saturated carbocycles. The molecule has 5 heteroatoms. The number of aliphatic hydroxyl groups excluding tert-OH is 1. The molecular formula is C26H31FN2O2+2. The van der Waals surface area contributed by atoms with Gasteiger partial charge in [0.1, 0.15) is 63.0 Å². The number of hydrogen-bond acceptors (Lipinski definition) is 2. The van der Waals surface area contributed by atoms with Crippen molar-refractivity contribution in [1.82, 2.24) is 0 Å². The number of ether oxygens (including phenoxy) is 1. The standard InChI is InChI=1S/C26H29FN2O2/c27-23-11-13-25(14-12-23)31-20-24(30)19-28-15-17-29(18-16-28)26(21-7-3-1-4-8-21)22-9-5-2-6-10-22/h1-14,24,26,30H,15-20H2/p+2/t24-/m1/s1. The largest absolute Gasteiger partial charge is 0.491 e. The number of halogens is 1. The molecule has 4 nitrogen and oxygen atoms in total. The average Bonchev–Trinajstić information content (AvgIpc) is 2.81. The summed E-state index contributed by atoms with van der Waals surface area (Å²) in [4.78, 5) is 2.97. The molecular weight excluding hydrogens is 391 g/mol. The first-order valence-electron chi connectivity index (χ1n) is 11.0. The summed E-state index contributed by atoms with van der Waals surface area (Å²) < 4.78 is 18.6. The second kappa shape index (κ2) is 10.5. The monoisotopic (exact) mass is 422 g/mol. The van der Waals surface area contributed by atoms with E-state index in [1.165, 1.54) is 28.2 Å². The Balaban J connectivity index is 1.32.